The lowest BCUT2D eigenvalue weighted by Crippen LogP contribution is -2.02. The van der Waals surface area contributed by atoms with Crippen molar-refractivity contribution in [2.75, 3.05) is 0 Å². The zero-order valence-electron chi connectivity index (χ0n) is 8.35. The summed E-state index contributed by atoms with van der Waals surface area (Å²) in [7, 11) is 0. The van der Waals surface area contributed by atoms with Gasteiger partial charge in [-0.2, -0.15) is 0 Å². The Morgan fingerprint density at radius 3 is 2.12 bits per heavy atom. The number of phenolic OH excluding ortho intramolecular Hbond substituents is 1. The summed E-state index contributed by atoms with van der Waals surface area (Å²) in [4.78, 5) is 12.0. The van der Waals surface area contributed by atoms with E-state index < -0.39 is 0 Å². The summed E-state index contributed by atoms with van der Waals surface area (Å²) in [5, 5.41) is 9.95. The molecule has 0 saturated carbocycles. The van der Waals surface area contributed by atoms with Gasteiger partial charge in [-0.1, -0.05) is 35.9 Å². The van der Waals surface area contributed by atoms with Gasteiger partial charge in [0.1, 0.15) is 5.75 Å². The first-order valence-corrected chi connectivity index (χ1v) is 5.15. The zero-order chi connectivity index (χ0) is 11.5. The minimum atomic E-state index is -0.274. The molecule has 2 nitrogen and oxygen atoms in total. The van der Waals surface area contributed by atoms with E-state index in [2.05, 4.69) is 0 Å². The molecule has 2 rings (SSSR count). The Morgan fingerprint density at radius 1 is 0.938 bits per heavy atom. The number of ketones is 1. The molecule has 0 heterocycles. The second kappa shape index (κ2) is 4.37. The number of hydrogen-bond donors (Lipinski definition) is 1. The van der Waals surface area contributed by atoms with Gasteiger partial charge in [0.15, 0.2) is 5.78 Å². The van der Waals surface area contributed by atoms with Crippen molar-refractivity contribution in [3.05, 3.63) is 64.7 Å². The molecular weight excluding hydrogens is 224 g/mol. The van der Waals surface area contributed by atoms with Crippen LogP contribution in [-0.4, -0.2) is 10.9 Å². The smallest absolute Gasteiger partial charge is 0.198 e. The minimum Gasteiger partial charge on any atom is -0.507 e. The van der Waals surface area contributed by atoms with Crippen molar-refractivity contribution >= 4 is 17.4 Å². The Bertz CT molecular complexity index is 487. The van der Waals surface area contributed by atoms with Crippen LogP contribution in [0.5, 0.6) is 5.75 Å². The molecule has 2 aromatic carbocycles. The van der Waals surface area contributed by atoms with Gasteiger partial charge in [0.25, 0.3) is 0 Å². The van der Waals surface area contributed by atoms with Crippen LogP contribution in [0.3, 0.4) is 0 Å². The van der Waals surface area contributed by atoms with E-state index in [1.807, 2.05) is 0 Å². The molecule has 0 bridgehead atoms. The highest BCUT2D eigenvalue weighted by atomic mass is 35.5. The number of benzene rings is 2. The third-order valence-electron chi connectivity index (χ3n) is 2.27. The highest BCUT2D eigenvalue weighted by molar-refractivity contribution is 6.35. The molecule has 80 valence electrons. The average molecular weight is 233 g/mol. The van der Waals surface area contributed by atoms with E-state index in [0.29, 0.717) is 10.6 Å². The largest absolute Gasteiger partial charge is 0.507 e. The van der Waals surface area contributed by atoms with Crippen molar-refractivity contribution in [1.29, 1.82) is 0 Å². The van der Waals surface area contributed by atoms with Gasteiger partial charge in [0, 0.05) is 5.56 Å². The van der Waals surface area contributed by atoms with Crippen molar-refractivity contribution in [2.45, 2.75) is 0 Å². The topological polar surface area (TPSA) is 37.3 Å². The van der Waals surface area contributed by atoms with Crippen LogP contribution >= 0.6 is 11.6 Å². The van der Waals surface area contributed by atoms with Gasteiger partial charge < -0.3 is 5.11 Å². The molecule has 1 N–H and O–H groups in total. The van der Waals surface area contributed by atoms with Crippen molar-refractivity contribution in [3.63, 3.8) is 0 Å². The number of para-hydroxylation sites is 1. The predicted octanol–water partition coefficient (Wildman–Crippen LogP) is 3.28. The second-order valence-electron chi connectivity index (χ2n) is 3.33. The number of hydrogen-bond acceptors (Lipinski definition) is 2. The van der Waals surface area contributed by atoms with Gasteiger partial charge in [-0.05, 0) is 24.3 Å². The molecule has 2 aromatic rings. The monoisotopic (exact) mass is 232 g/mol. The van der Waals surface area contributed by atoms with E-state index in [0.717, 1.165) is 0 Å². The number of halogens is 1. The molecule has 3 heteroatoms. The fraction of sp³-hybridized carbons (Fsp3) is 0. The Hall–Kier alpha value is -1.80. The third-order valence-corrected chi connectivity index (χ3v) is 2.60. The Kier molecular flexibility index (Phi) is 2.93. The SMILES string of the molecule is O=C(c1ccccc1O)c1ccccc1Cl. The van der Waals surface area contributed by atoms with Crippen LogP contribution < -0.4 is 0 Å². The van der Waals surface area contributed by atoms with E-state index in [4.69, 9.17) is 11.6 Å². The van der Waals surface area contributed by atoms with Gasteiger partial charge in [-0.25, -0.2) is 0 Å². The highest BCUT2D eigenvalue weighted by Crippen LogP contribution is 2.23. The number of carbonyl (C=O) groups is 1. The molecule has 0 unspecified atom stereocenters. The number of phenols is 1. The molecule has 0 aliphatic carbocycles. The zero-order valence-corrected chi connectivity index (χ0v) is 9.11. The normalized spacial score (nSPS) is 10.1. The van der Waals surface area contributed by atoms with E-state index >= 15 is 0 Å². The van der Waals surface area contributed by atoms with E-state index in [9.17, 15) is 9.90 Å². The quantitative estimate of drug-likeness (QED) is 0.807. The van der Waals surface area contributed by atoms with E-state index in [1.54, 1.807) is 42.5 Å². The van der Waals surface area contributed by atoms with E-state index in [-0.39, 0.29) is 17.1 Å². The maximum Gasteiger partial charge on any atom is 0.198 e. The minimum absolute atomic E-state index is 0.0348. The Balaban J connectivity index is 2.48. The lowest BCUT2D eigenvalue weighted by Gasteiger charge is -2.04. The maximum absolute atomic E-state index is 12.0. The maximum atomic E-state index is 12.0. The average Bonchev–Trinajstić information content (AvgIpc) is 2.29. The number of carbonyl (C=O) groups excluding carboxylic acids is 1. The molecule has 0 aliphatic heterocycles. The first-order valence-electron chi connectivity index (χ1n) is 4.77. The lowest BCUT2D eigenvalue weighted by molar-refractivity contribution is 0.103. The first kappa shape index (κ1) is 10.7. The molecule has 0 spiro atoms. The van der Waals surface area contributed by atoms with Crippen LogP contribution in [0.2, 0.25) is 5.02 Å². The third kappa shape index (κ3) is 1.92. The molecule has 0 atom stereocenters. The summed E-state index contributed by atoms with van der Waals surface area (Å²) in [5.41, 5.74) is 0.654. The van der Waals surface area contributed by atoms with Gasteiger partial charge in [0.2, 0.25) is 0 Å². The summed E-state index contributed by atoms with van der Waals surface area (Å²) in [6, 6.07) is 13.2. The van der Waals surface area contributed by atoms with Crippen LogP contribution in [-0.2, 0) is 0 Å². The van der Waals surface area contributed by atoms with Crippen molar-refractivity contribution in [1.82, 2.24) is 0 Å². The summed E-state index contributed by atoms with van der Waals surface area (Å²) in [5.74, 6) is -0.309. The fourth-order valence-electron chi connectivity index (χ4n) is 1.46. The van der Waals surface area contributed by atoms with Crippen LogP contribution in [0.1, 0.15) is 15.9 Å². The predicted molar refractivity (Wildman–Crippen MR) is 63.0 cm³/mol. The van der Waals surface area contributed by atoms with Crippen LogP contribution in [0.15, 0.2) is 48.5 Å². The second-order valence-corrected chi connectivity index (χ2v) is 3.73. The molecule has 16 heavy (non-hydrogen) atoms. The van der Waals surface area contributed by atoms with Gasteiger partial charge in [-0.3, -0.25) is 4.79 Å². The van der Waals surface area contributed by atoms with Gasteiger partial charge >= 0.3 is 0 Å². The van der Waals surface area contributed by atoms with Crippen molar-refractivity contribution in [2.24, 2.45) is 0 Å². The van der Waals surface area contributed by atoms with Crippen LogP contribution in [0.25, 0.3) is 0 Å². The molecule has 0 fully saturated rings. The summed E-state index contributed by atoms with van der Waals surface area (Å²) in [6.07, 6.45) is 0. The first-order chi connectivity index (χ1) is 7.70. The molecule has 0 radical (unpaired) electrons. The molecule has 0 amide bonds. The standard InChI is InChI=1S/C13H9ClO2/c14-11-7-3-1-5-9(11)13(16)10-6-2-4-8-12(10)15/h1-8,15H. The summed E-state index contributed by atoms with van der Waals surface area (Å²) >= 11 is 5.92. The van der Waals surface area contributed by atoms with Crippen molar-refractivity contribution in [3.8, 4) is 5.75 Å². The number of aromatic hydroxyl groups is 1. The molecule has 0 aromatic heterocycles. The molecular formula is C13H9ClO2. The number of rotatable bonds is 2. The summed E-state index contributed by atoms with van der Waals surface area (Å²) < 4.78 is 0. The van der Waals surface area contributed by atoms with Crippen LogP contribution in [0.4, 0.5) is 0 Å². The molecule has 0 saturated heterocycles. The molecule has 0 aliphatic rings. The van der Waals surface area contributed by atoms with Crippen LogP contribution in [0, 0.1) is 0 Å². The highest BCUT2D eigenvalue weighted by Gasteiger charge is 2.14. The summed E-state index contributed by atoms with van der Waals surface area (Å²) in [6.45, 7) is 0. The van der Waals surface area contributed by atoms with Gasteiger partial charge in [-0.15, -0.1) is 0 Å². The van der Waals surface area contributed by atoms with E-state index in [1.165, 1.54) is 6.07 Å². The lowest BCUT2D eigenvalue weighted by atomic mass is 10.0. The fourth-order valence-corrected chi connectivity index (χ4v) is 1.68. The Labute approximate surface area is 98.1 Å². The van der Waals surface area contributed by atoms with Crippen molar-refractivity contribution < 1.29 is 9.90 Å². The Morgan fingerprint density at radius 2 is 1.50 bits per heavy atom. The van der Waals surface area contributed by atoms with Gasteiger partial charge in [0.05, 0.1) is 10.6 Å².